The van der Waals surface area contributed by atoms with E-state index in [4.69, 9.17) is 4.74 Å². The van der Waals surface area contributed by atoms with E-state index >= 15 is 0 Å². The molecule has 1 unspecified atom stereocenters. The molecule has 1 aromatic rings. The summed E-state index contributed by atoms with van der Waals surface area (Å²) in [5.41, 5.74) is 0.116. The molecule has 0 aromatic heterocycles. The first-order valence-corrected chi connectivity index (χ1v) is 6.20. The number of morpholine rings is 1. The van der Waals surface area contributed by atoms with Gasteiger partial charge < -0.3 is 25.2 Å². The molecule has 0 radical (unpaired) electrons. The van der Waals surface area contributed by atoms with Gasteiger partial charge in [-0.3, -0.25) is 4.79 Å². The van der Waals surface area contributed by atoms with E-state index in [1.54, 1.807) is 4.90 Å². The summed E-state index contributed by atoms with van der Waals surface area (Å²) in [6.45, 7) is 2.08. The molecule has 6 heteroatoms. The zero-order valence-electron chi connectivity index (χ0n) is 10.8. The fourth-order valence-electron chi connectivity index (χ4n) is 2.13. The minimum absolute atomic E-state index is 0.0536. The third-order valence-corrected chi connectivity index (χ3v) is 3.10. The number of amides is 1. The molecule has 1 fully saturated rings. The van der Waals surface area contributed by atoms with Crippen molar-refractivity contribution in [2.75, 3.05) is 33.3 Å². The van der Waals surface area contributed by atoms with Gasteiger partial charge in [-0.25, -0.2) is 0 Å². The van der Waals surface area contributed by atoms with Crippen molar-refractivity contribution in [3.8, 4) is 11.5 Å². The molecule has 0 bridgehead atoms. The highest BCUT2D eigenvalue weighted by molar-refractivity contribution is 5.97. The van der Waals surface area contributed by atoms with E-state index < -0.39 is 0 Å². The Morgan fingerprint density at radius 3 is 3.05 bits per heavy atom. The number of hydrogen-bond acceptors (Lipinski definition) is 5. The summed E-state index contributed by atoms with van der Waals surface area (Å²) < 4.78 is 5.52. The van der Waals surface area contributed by atoms with Gasteiger partial charge in [0.1, 0.15) is 0 Å². The van der Waals surface area contributed by atoms with Crippen molar-refractivity contribution in [1.29, 1.82) is 0 Å². The highest BCUT2D eigenvalue weighted by Crippen LogP contribution is 2.29. The highest BCUT2D eigenvalue weighted by atomic mass is 16.5. The van der Waals surface area contributed by atoms with Crippen molar-refractivity contribution in [3.63, 3.8) is 0 Å². The van der Waals surface area contributed by atoms with Crippen molar-refractivity contribution in [3.05, 3.63) is 23.8 Å². The number of para-hydroxylation sites is 1. The lowest BCUT2D eigenvalue weighted by Crippen LogP contribution is -2.48. The van der Waals surface area contributed by atoms with Crippen LogP contribution in [0.5, 0.6) is 11.5 Å². The number of aromatic hydroxyl groups is 2. The normalized spacial score (nSPS) is 19.4. The highest BCUT2D eigenvalue weighted by Gasteiger charge is 2.26. The minimum Gasteiger partial charge on any atom is -0.504 e. The molecular formula is C13H18N2O4. The number of carbonyl (C=O) groups is 1. The standard InChI is InChI=1S/C13H18N2O4/c1-14-7-9-8-15(5-6-19-9)13(18)10-3-2-4-11(16)12(10)17/h2-4,9,14,16-17H,5-8H2,1H3. The monoisotopic (exact) mass is 266 g/mol. The van der Waals surface area contributed by atoms with Gasteiger partial charge in [0.25, 0.3) is 5.91 Å². The Kier molecular flexibility index (Phi) is 4.24. The first-order valence-electron chi connectivity index (χ1n) is 6.20. The van der Waals surface area contributed by atoms with Crippen LogP contribution in [0, 0.1) is 0 Å². The van der Waals surface area contributed by atoms with Gasteiger partial charge in [-0.1, -0.05) is 6.07 Å². The second-order valence-electron chi connectivity index (χ2n) is 4.47. The van der Waals surface area contributed by atoms with Crippen LogP contribution in [0.15, 0.2) is 18.2 Å². The van der Waals surface area contributed by atoms with Crippen molar-refractivity contribution in [2.45, 2.75) is 6.10 Å². The van der Waals surface area contributed by atoms with Crippen molar-refractivity contribution >= 4 is 5.91 Å². The average Bonchev–Trinajstić information content (AvgIpc) is 2.42. The van der Waals surface area contributed by atoms with Crippen LogP contribution in [0.1, 0.15) is 10.4 Å². The van der Waals surface area contributed by atoms with Crippen molar-refractivity contribution < 1.29 is 19.7 Å². The van der Waals surface area contributed by atoms with E-state index in [1.807, 2.05) is 7.05 Å². The molecule has 1 saturated heterocycles. The summed E-state index contributed by atoms with van der Waals surface area (Å²) in [5, 5.41) is 22.2. The molecule has 6 nitrogen and oxygen atoms in total. The molecule has 0 aliphatic carbocycles. The number of benzene rings is 1. The molecule has 2 rings (SSSR count). The molecule has 19 heavy (non-hydrogen) atoms. The lowest BCUT2D eigenvalue weighted by atomic mass is 10.1. The Labute approximate surface area is 111 Å². The summed E-state index contributed by atoms with van der Waals surface area (Å²) in [6.07, 6.45) is -0.0536. The molecular weight excluding hydrogens is 248 g/mol. The maximum absolute atomic E-state index is 12.3. The van der Waals surface area contributed by atoms with Crippen LogP contribution in [-0.4, -0.2) is 60.4 Å². The predicted octanol–water partition coefficient (Wildman–Crippen LogP) is 0.158. The zero-order valence-corrected chi connectivity index (χ0v) is 10.8. The van der Waals surface area contributed by atoms with E-state index in [2.05, 4.69) is 5.32 Å². The first kappa shape index (κ1) is 13.6. The zero-order chi connectivity index (χ0) is 13.8. The number of likely N-dealkylation sites (N-methyl/N-ethyl adjacent to an activating group) is 1. The smallest absolute Gasteiger partial charge is 0.257 e. The van der Waals surface area contributed by atoms with Gasteiger partial charge in [0.2, 0.25) is 0 Å². The van der Waals surface area contributed by atoms with Crippen molar-refractivity contribution in [2.24, 2.45) is 0 Å². The Bertz CT molecular complexity index is 462. The van der Waals surface area contributed by atoms with Crippen LogP contribution in [0.4, 0.5) is 0 Å². The Morgan fingerprint density at radius 1 is 1.53 bits per heavy atom. The third-order valence-electron chi connectivity index (χ3n) is 3.10. The molecule has 1 heterocycles. The summed E-state index contributed by atoms with van der Waals surface area (Å²) in [6, 6.07) is 4.38. The van der Waals surface area contributed by atoms with E-state index in [-0.39, 0.29) is 29.1 Å². The topological polar surface area (TPSA) is 82.0 Å². The minimum atomic E-state index is -0.371. The quantitative estimate of drug-likeness (QED) is 0.679. The Morgan fingerprint density at radius 2 is 2.32 bits per heavy atom. The van der Waals surface area contributed by atoms with E-state index in [1.165, 1.54) is 18.2 Å². The molecule has 1 aliphatic heterocycles. The summed E-state index contributed by atoms with van der Waals surface area (Å²) in [4.78, 5) is 13.9. The number of nitrogens with one attached hydrogen (secondary N) is 1. The van der Waals surface area contributed by atoms with Gasteiger partial charge in [-0.2, -0.15) is 0 Å². The van der Waals surface area contributed by atoms with Gasteiger partial charge in [-0.15, -0.1) is 0 Å². The molecule has 1 atom stereocenters. The second kappa shape index (κ2) is 5.90. The van der Waals surface area contributed by atoms with Crippen LogP contribution in [-0.2, 0) is 4.74 Å². The molecule has 0 spiro atoms. The largest absolute Gasteiger partial charge is 0.504 e. The predicted molar refractivity (Wildman–Crippen MR) is 69.3 cm³/mol. The second-order valence-corrected chi connectivity index (χ2v) is 4.47. The average molecular weight is 266 g/mol. The third kappa shape index (κ3) is 2.97. The summed E-state index contributed by atoms with van der Waals surface area (Å²) in [7, 11) is 1.82. The fourth-order valence-corrected chi connectivity index (χ4v) is 2.13. The van der Waals surface area contributed by atoms with Crippen molar-refractivity contribution in [1.82, 2.24) is 10.2 Å². The van der Waals surface area contributed by atoms with Gasteiger partial charge in [0.15, 0.2) is 11.5 Å². The van der Waals surface area contributed by atoms with E-state index in [9.17, 15) is 15.0 Å². The van der Waals surface area contributed by atoms with Gasteiger partial charge in [-0.05, 0) is 19.2 Å². The summed E-state index contributed by atoms with van der Waals surface area (Å²) in [5.74, 6) is -0.951. The number of carbonyl (C=O) groups excluding carboxylic acids is 1. The Hall–Kier alpha value is -1.79. The molecule has 0 saturated carbocycles. The molecule has 1 aliphatic rings. The van der Waals surface area contributed by atoms with Crippen LogP contribution >= 0.6 is 0 Å². The maximum atomic E-state index is 12.3. The van der Waals surface area contributed by atoms with Gasteiger partial charge in [0, 0.05) is 19.6 Å². The molecule has 1 amide bonds. The van der Waals surface area contributed by atoms with Gasteiger partial charge in [0.05, 0.1) is 18.3 Å². The molecule has 104 valence electrons. The van der Waals surface area contributed by atoms with Crippen LogP contribution in [0.3, 0.4) is 0 Å². The Balaban J connectivity index is 2.12. The lowest BCUT2D eigenvalue weighted by molar-refractivity contribution is -0.0197. The van der Waals surface area contributed by atoms with Gasteiger partial charge >= 0.3 is 0 Å². The number of ether oxygens (including phenoxy) is 1. The van der Waals surface area contributed by atoms with Crippen LogP contribution < -0.4 is 5.32 Å². The number of phenolic OH excluding ortho intramolecular Hbond substituents is 2. The fraction of sp³-hybridized carbons (Fsp3) is 0.462. The number of phenols is 2. The number of hydrogen-bond donors (Lipinski definition) is 3. The van der Waals surface area contributed by atoms with Crippen LogP contribution in [0.25, 0.3) is 0 Å². The SMILES string of the molecule is CNCC1CN(C(=O)c2cccc(O)c2O)CCO1. The maximum Gasteiger partial charge on any atom is 0.257 e. The lowest BCUT2D eigenvalue weighted by Gasteiger charge is -2.33. The van der Waals surface area contributed by atoms with E-state index in [0.717, 1.165) is 0 Å². The number of nitrogens with zero attached hydrogens (tertiary/aromatic N) is 1. The number of rotatable bonds is 3. The summed E-state index contributed by atoms with van der Waals surface area (Å²) >= 11 is 0. The molecule has 1 aromatic carbocycles. The van der Waals surface area contributed by atoms with Crippen LogP contribution in [0.2, 0.25) is 0 Å². The first-order chi connectivity index (χ1) is 9.13. The molecule has 3 N–H and O–H groups in total. The van der Waals surface area contributed by atoms with E-state index in [0.29, 0.717) is 26.2 Å².